The summed E-state index contributed by atoms with van der Waals surface area (Å²) in [6, 6.07) is 21.2. The van der Waals surface area contributed by atoms with Crippen molar-refractivity contribution in [2.24, 2.45) is 0 Å². The van der Waals surface area contributed by atoms with Crippen LogP contribution in [0.15, 0.2) is 66.7 Å². The van der Waals surface area contributed by atoms with E-state index in [0.717, 1.165) is 39.2 Å². The Bertz CT molecular complexity index is 1060. The Morgan fingerprint density at radius 3 is 2.56 bits per heavy atom. The molecule has 0 unspecified atom stereocenters. The Morgan fingerprint density at radius 2 is 1.81 bits per heavy atom. The van der Waals surface area contributed by atoms with Crippen molar-refractivity contribution in [1.82, 2.24) is 9.97 Å². The van der Waals surface area contributed by atoms with Gasteiger partial charge in [-0.25, -0.2) is 4.98 Å². The van der Waals surface area contributed by atoms with Gasteiger partial charge in [0.15, 0.2) is 0 Å². The summed E-state index contributed by atoms with van der Waals surface area (Å²) in [4.78, 5) is 20.1. The first kappa shape index (κ1) is 17.3. The number of nitrogens with zero attached hydrogens (tertiary/aromatic N) is 1. The summed E-state index contributed by atoms with van der Waals surface area (Å²) < 4.78 is 0. The van der Waals surface area contributed by atoms with Crippen LogP contribution in [0.3, 0.4) is 0 Å². The minimum atomic E-state index is -0.0391. The van der Waals surface area contributed by atoms with Gasteiger partial charge in [0, 0.05) is 16.3 Å². The molecule has 0 saturated heterocycles. The molecule has 0 bridgehead atoms. The van der Waals surface area contributed by atoms with Crippen molar-refractivity contribution in [3.63, 3.8) is 0 Å². The summed E-state index contributed by atoms with van der Waals surface area (Å²) in [5.74, 6) is 0.733. The lowest BCUT2D eigenvalue weighted by Gasteiger charge is -2.06. The van der Waals surface area contributed by atoms with Gasteiger partial charge >= 0.3 is 0 Å². The van der Waals surface area contributed by atoms with Crippen molar-refractivity contribution in [2.45, 2.75) is 13.3 Å². The molecule has 4 rings (SSSR count). The number of hydrogen-bond acceptors (Lipinski definition) is 2. The van der Waals surface area contributed by atoms with Crippen molar-refractivity contribution in [3.05, 3.63) is 82.9 Å². The van der Waals surface area contributed by atoms with Crippen LogP contribution in [0.5, 0.6) is 0 Å². The van der Waals surface area contributed by atoms with Crippen LogP contribution in [0.4, 0.5) is 5.69 Å². The van der Waals surface area contributed by atoms with Crippen molar-refractivity contribution in [1.29, 1.82) is 0 Å². The molecule has 0 spiro atoms. The molecule has 3 aromatic carbocycles. The molecule has 0 aliphatic heterocycles. The number of amides is 1. The van der Waals surface area contributed by atoms with E-state index < -0.39 is 0 Å². The van der Waals surface area contributed by atoms with E-state index >= 15 is 0 Å². The molecule has 0 radical (unpaired) electrons. The van der Waals surface area contributed by atoms with E-state index in [0.29, 0.717) is 11.4 Å². The second-order valence-corrected chi connectivity index (χ2v) is 6.90. The van der Waals surface area contributed by atoms with Crippen LogP contribution in [0, 0.1) is 6.92 Å². The number of aryl methyl sites for hydroxylation is 1. The molecule has 134 valence electrons. The van der Waals surface area contributed by atoms with Gasteiger partial charge in [0.1, 0.15) is 5.82 Å². The van der Waals surface area contributed by atoms with Crippen LogP contribution in [0.25, 0.3) is 22.4 Å². The van der Waals surface area contributed by atoms with E-state index in [9.17, 15) is 4.79 Å². The molecular formula is C22H18ClN3O. The molecule has 27 heavy (non-hydrogen) atoms. The molecule has 1 heterocycles. The van der Waals surface area contributed by atoms with Crippen molar-refractivity contribution < 1.29 is 4.79 Å². The molecule has 4 nitrogen and oxygen atoms in total. The van der Waals surface area contributed by atoms with Gasteiger partial charge in [-0.3, -0.25) is 4.79 Å². The van der Waals surface area contributed by atoms with Gasteiger partial charge in [-0.05, 0) is 54.4 Å². The number of nitrogens with one attached hydrogen (secondary N) is 2. The minimum Gasteiger partial charge on any atom is -0.338 e. The van der Waals surface area contributed by atoms with Crippen LogP contribution in [0.1, 0.15) is 11.1 Å². The van der Waals surface area contributed by atoms with Gasteiger partial charge in [-0.2, -0.15) is 0 Å². The summed E-state index contributed by atoms with van der Waals surface area (Å²) in [6.45, 7) is 1.97. The standard InChI is InChI=1S/C22H18ClN3O/c1-14-11-19-20(13-18(14)23)26-22(25-19)16-7-9-17(10-8-16)24-21(27)12-15-5-3-2-4-6-15/h2-11,13H,12H2,1H3,(H,24,27)(H,25,26). The SMILES string of the molecule is Cc1cc2[nH]c(-c3ccc(NC(=O)Cc4ccccc4)cc3)nc2cc1Cl. The zero-order chi connectivity index (χ0) is 18.8. The lowest BCUT2D eigenvalue weighted by molar-refractivity contribution is -0.115. The number of fused-ring (bicyclic) bond motifs is 1. The van der Waals surface area contributed by atoms with Gasteiger partial charge in [0.25, 0.3) is 0 Å². The van der Waals surface area contributed by atoms with Crippen molar-refractivity contribution in [2.75, 3.05) is 5.32 Å². The Labute approximate surface area is 162 Å². The molecular weight excluding hydrogens is 358 g/mol. The Balaban J connectivity index is 1.49. The fraction of sp³-hybridized carbons (Fsp3) is 0.0909. The van der Waals surface area contributed by atoms with E-state index in [1.807, 2.05) is 73.7 Å². The predicted molar refractivity (Wildman–Crippen MR) is 110 cm³/mol. The van der Waals surface area contributed by atoms with Crippen molar-refractivity contribution in [3.8, 4) is 11.4 Å². The summed E-state index contributed by atoms with van der Waals surface area (Å²) in [6.07, 6.45) is 0.353. The van der Waals surface area contributed by atoms with Gasteiger partial charge < -0.3 is 10.3 Å². The molecule has 4 aromatic rings. The summed E-state index contributed by atoms with van der Waals surface area (Å²) in [5, 5.41) is 3.63. The highest BCUT2D eigenvalue weighted by Gasteiger charge is 2.09. The normalized spacial score (nSPS) is 10.9. The maximum Gasteiger partial charge on any atom is 0.228 e. The van der Waals surface area contributed by atoms with Gasteiger partial charge in [0.2, 0.25) is 5.91 Å². The molecule has 2 N–H and O–H groups in total. The first-order valence-corrected chi connectivity index (χ1v) is 9.06. The zero-order valence-corrected chi connectivity index (χ0v) is 15.5. The van der Waals surface area contributed by atoms with Crippen LogP contribution in [-0.4, -0.2) is 15.9 Å². The number of H-pyrrole nitrogens is 1. The lowest BCUT2D eigenvalue weighted by Crippen LogP contribution is -2.14. The van der Waals surface area contributed by atoms with Crippen molar-refractivity contribution >= 4 is 34.2 Å². The number of carbonyl (C=O) groups excluding carboxylic acids is 1. The third kappa shape index (κ3) is 3.86. The number of hydrogen-bond donors (Lipinski definition) is 2. The summed E-state index contributed by atoms with van der Waals surface area (Å²) in [7, 11) is 0. The first-order chi connectivity index (χ1) is 13.1. The number of halogens is 1. The molecule has 1 amide bonds. The van der Waals surface area contributed by atoms with E-state index in [1.54, 1.807) is 0 Å². The van der Waals surface area contributed by atoms with Gasteiger partial charge in [-0.15, -0.1) is 0 Å². The molecule has 0 aliphatic carbocycles. The fourth-order valence-electron chi connectivity index (χ4n) is 2.97. The second-order valence-electron chi connectivity index (χ2n) is 6.49. The second kappa shape index (κ2) is 7.25. The molecule has 0 saturated carbocycles. The minimum absolute atomic E-state index is 0.0391. The lowest BCUT2D eigenvalue weighted by atomic mass is 10.1. The quantitative estimate of drug-likeness (QED) is 0.503. The Morgan fingerprint density at radius 1 is 1.07 bits per heavy atom. The van der Waals surface area contributed by atoms with Crippen LogP contribution in [-0.2, 0) is 11.2 Å². The third-order valence-electron chi connectivity index (χ3n) is 4.41. The average Bonchev–Trinajstić information content (AvgIpc) is 3.06. The van der Waals surface area contributed by atoms with Crippen LogP contribution >= 0.6 is 11.6 Å². The predicted octanol–water partition coefficient (Wildman–Crippen LogP) is 5.37. The Kier molecular flexibility index (Phi) is 4.65. The first-order valence-electron chi connectivity index (χ1n) is 8.68. The maximum absolute atomic E-state index is 12.2. The number of aromatic nitrogens is 2. The van der Waals surface area contributed by atoms with Gasteiger partial charge in [0.05, 0.1) is 17.5 Å². The van der Waals surface area contributed by atoms with Crippen LogP contribution < -0.4 is 5.32 Å². The maximum atomic E-state index is 12.2. The monoisotopic (exact) mass is 375 g/mol. The fourth-order valence-corrected chi connectivity index (χ4v) is 3.13. The zero-order valence-electron chi connectivity index (χ0n) is 14.8. The van der Waals surface area contributed by atoms with Gasteiger partial charge in [-0.1, -0.05) is 41.9 Å². The third-order valence-corrected chi connectivity index (χ3v) is 4.82. The highest BCUT2D eigenvalue weighted by Crippen LogP contribution is 2.26. The summed E-state index contributed by atoms with van der Waals surface area (Å²) in [5.41, 5.74) is 5.49. The van der Waals surface area contributed by atoms with E-state index in [1.165, 1.54) is 0 Å². The topological polar surface area (TPSA) is 57.8 Å². The number of rotatable bonds is 4. The highest BCUT2D eigenvalue weighted by atomic mass is 35.5. The number of aromatic amines is 1. The number of imidazole rings is 1. The molecule has 0 aliphatic rings. The number of anilines is 1. The van der Waals surface area contributed by atoms with Crippen LogP contribution in [0.2, 0.25) is 5.02 Å². The van der Waals surface area contributed by atoms with E-state index in [2.05, 4.69) is 15.3 Å². The smallest absolute Gasteiger partial charge is 0.228 e. The number of benzene rings is 3. The molecule has 0 atom stereocenters. The molecule has 0 fully saturated rings. The van der Waals surface area contributed by atoms with E-state index in [4.69, 9.17) is 11.6 Å². The largest absolute Gasteiger partial charge is 0.338 e. The average molecular weight is 376 g/mol. The molecule has 1 aromatic heterocycles. The summed E-state index contributed by atoms with van der Waals surface area (Å²) >= 11 is 6.18. The number of carbonyl (C=O) groups is 1. The van der Waals surface area contributed by atoms with E-state index in [-0.39, 0.29) is 5.91 Å². The molecule has 5 heteroatoms. The highest BCUT2D eigenvalue weighted by molar-refractivity contribution is 6.32. The Hall–Kier alpha value is -3.11.